The molecule has 69 heavy (non-hydrogen) atoms. The number of rotatable bonds is 9. The summed E-state index contributed by atoms with van der Waals surface area (Å²) in [7, 11) is 0. The van der Waals surface area contributed by atoms with Gasteiger partial charge in [-0.3, -0.25) is 4.57 Å². The van der Waals surface area contributed by atoms with E-state index in [-0.39, 0.29) is 0 Å². The van der Waals surface area contributed by atoms with Gasteiger partial charge in [-0.15, -0.1) is 0 Å². The molecule has 0 N–H and O–H groups in total. The molecule has 324 valence electrons. The summed E-state index contributed by atoms with van der Waals surface area (Å²) in [6, 6.07) is 92.9. The van der Waals surface area contributed by atoms with Crippen LogP contribution in [0.2, 0.25) is 0 Å². The van der Waals surface area contributed by atoms with E-state index in [1.54, 1.807) is 0 Å². The van der Waals surface area contributed by atoms with Gasteiger partial charge in [0.1, 0.15) is 0 Å². The van der Waals surface area contributed by atoms with Gasteiger partial charge in [-0.1, -0.05) is 188 Å². The van der Waals surface area contributed by atoms with Gasteiger partial charge in [-0.05, 0) is 95.1 Å². The topological polar surface area (TPSA) is 38.9 Å². The Morgan fingerprint density at radius 3 is 1.32 bits per heavy atom. The summed E-state index contributed by atoms with van der Waals surface area (Å²) in [5, 5.41) is 4.50. The minimum Gasteiger partial charge on any atom is -0.310 e. The summed E-state index contributed by atoms with van der Waals surface area (Å²) in [5.74, 6) is 0.599. The highest BCUT2D eigenvalue weighted by molar-refractivity contribution is 6.22. The highest BCUT2D eigenvalue weighted by atomic mass is 15.2. The van der Waals surface area contributed by atoms with E-state index in [9.17, 15) is 0 Å². The zero-order chi connectivity index (χ0) is 45.7. The van der Waals surface area contributed by atoms with Crippen LogP contribution in [0.5, 0.6) is 0 Å². The van der Waals surface area contributed by atoms with E-state index in [1.165, 1.54) is 5.39 Å². The Kier molecular flexibility index (Phi) is 9.76. The van der Waals surface area contributed by atoms with Crippen LogP contribution >= 0.6 is 0 Å². The lowest BCUT2D eigenvalue weighted by atomic mass is 10.0. The summed E-state index contributed by atoms with van der Waals surface area (Å²) in [6.07, 6.45) is 0. The van der Waals surface area contributed by atoms with E-state index in [0.717, 1.165) is 106 Å². The standard InChI is InChI=1S/C64H43N5/c1-6-21-44(22-7-1)48-29-18-33-51(39-48)67(52-34-19-30-49(40-52)45-23-8-2-9-24-45)59-37-20-38-60-63(59)55-42-61-54(53-35-16-17-36-58(53)68(61)50-31-14-5-15-32-50)41-62(55)69(60)64-65-56(46-25-10-3-11-26-46)43-57(66-64)47-27-12-4-13-28-47/h1-43H. The minimum atomic E-state index is 0.599. The molecule has 0 saturated heterocycles. The number of nitrogens with zero attached hydrogens (tertiary/aromatic N) is 5. The largest absolute Gasteiger partial charge is 0.310 e. The van der Waals surface area contributed by atoms with Gasteiger partial charge in [-0.2, -0.15) is 0 Å². The maximum Gasteiger partial charge on any atom is 0.235 e. The smallest absolute Gasteiger partial charge is 0.235 e. The second kappa shape index (κ2) is 16.8. The number of fused-ring (bicyclic) bond motifs is 6. The van der Waals surface area contributed by atoms with Crippen LogP contribution in [0.25, 0.3) is 100 Å². The SMILES string of the molecule is c1ccc(-c2cccc(N(c3cccc(-c4ccccc4)c3)c3cccc4c3c3cc5c(cc3n4-c3nc(-c4ccccc4)cc(-c4ccccc4)n3)c3ccccc3n5-c3ccccc3)c2)cc1. The third kappa shape index (κ3) is 7.04. The van der Waals surface area contributed by atoms with Gasteiger partial charge in [0.05, 0.1) is 39.1 Å². The van der Waals surface area contributed by atoms with Gasteiger partial charge in [0.2, 0.25) is 5.95 Å². The molecule has 0 bridgehead atoms. The van der Waals surface area contributed by atoms with Crippen molar-refractivity contribution in [1.82, 2.24) is 19.1 Å². The number of hydrogen-bond donors (Lipinski definition) is 0. The monoisotopic (exact) mass is 881 g/mol. The lowest BCUT2D eigenvalue weighted by molar-refractivity contribution is 0.996. The summed E-state index contributed by atoms with van der Waals surface area (Å²) in [4.78, 5) is 13.4. The quantitative estimate of drug-likeness (QED) is 0.145. The van der Waals surface area contributed by atoms with Crippen molar-refractivity contribution >= 4 is 60.7 Å². The molecule has 10 aromatic carbocycles. The van der Waals surface area contributed by atoms with Gasteiger partial charge in [-0.25, -0.2) is 9.97 Å². The predicted octanol–water partition coefficient (Wildman–Crippen LogP) is 16.8. The Hall–Kier alpha value is -9.32. The van der Waals surface area contributed by atoms with Crippen LogP contribution in [-0.4, -0.2) is 19.1 Å². The van der Waals surface area contributed by atoms with Crippen molar-refractivity contribution in [3.05, 3.63) is 261 Å². The van der Waals surface area contributed by atoms with Crippen LogP contribution in [0.4, 0.5) is 17.1 Å². The zero-order valence-electron chi connectivity index (χ0n) is 37.6. The fourth-order valence-electron chi connectivity index (χ4n) is 10.2. The summed E-state index contributed by atoms with van der Waals surface area (Å²) >= 11 is 0. The summed E-state index contributed by atoms with van der Waals surface area (Å²) < 4.78 is 4.69. The first-order valence-corrected chi connectivity index (χ1v) is 23.4. The molecular formula is C64H43N5. The van der Waals surface area contributed by atoms with Crippen molar-refractivity contribution in [3.8, 4) is 56.4 Å². The maximum atomic E-state index is 5.48. The van der Waals surface area contributed by atoms with Crippen LogP contribution in [0.15, 0.2) is 261 Å². The third-order valence-corrected chi connectivity index (χ3v) is 13.3. The number of hydrogen-bond acceptors (Lipinski definition) is 3. The molecule has 0 aliphatic rings. The molecule has 13 rings (SSSR count). The Bertz CT molecular complexity index is 3850. The number of aromatic nitrogens is 4. The molecule has 3 heterocycles. The molecule has 0 radical (unpaired) electrons. The molecule has 0 fully saturated rings. The molecule has 0 amide bonds. The fourth-order valence-corrected chi connectivity index (χ4v) is 10.2. The first kappa shape index (κ1) is 40.0. The van der Waals surface area contributed by atoms with Crippen LogP contribution in [-0.2, 0) is 0 Å². The van der Waals surface area contributed by atoms with Crippen molar-refractivity contribution in [2.24, 2.45) is 0 Å². The van der Waals surface area contributed by atoms with Crippen LogP contribution in [0.3, 0.4) is 0 Å². The normalized spacial score (nSPS) is 11.5. The van der Waals surface area contributed by atoms with Crippen molar-refractivity contribution < 1.29 is 0 Å². The van der Waals surface area contributed by atoms with E-state index < -0.39 is 0 Å². The summed E-state index contributed by atoms with van der Waals surface area (Å²) in [6.45, 7) is 0. The van der Waals surface area contributed by atoms with E-state index in [2.05, 4.69) is 263 Å². The molecule has 0 aliphatic carbocycles. The average Bonchev–Trinajstić information content (AvgIpc) is 3.94. The zero-order valence-corrected chi connectivity index (χ0v) is 37.6. The minimum absolute atomic E-state index is 0.599. The van der Waals surface area contributed by atoms with Gasteiger partial charge in [0, 0.05) is 49.7 Å². The van der Waals surface area contributed by atoms with Crippen molar-refractivity contribution in [2.75, 3.05) is 4.90 Å². The summed E-state index contributed by atoms with van der Waals surface area (Å²) in [5.41, 5.74) is 16.9. The van der Waals surface area contributed by atoms with Crippen molar-refractivity contribution in [3.63, 3.8) is 0 Å². The predicted molar refractivity (Wildman–Crippen MR) is 287 cm³/mol. The Morgan fingerprint density at radius 2 is 0.739 bits per heavy atom. The van der Waals surface area contributed by atoms with E-state index in [0.29, 0.717) is 5.95 Å². The molecular weight excluding hydrogens is 839 g/mol. The first-order chi connectivity index (χ1) is 34.2. The van der Waals surface area contributed by atoms with Crippen LogP contribution < -0.4 is 4.90 Å². The maximum absolute atomic E-state index is 5.48. The van der Waals surface area contributed by atoms with Crippen LogP contribution in [0.1, 0.15) is 0 Å². The molecule has 0 unspecified atom stereocenters. The first-order valence-electron chi connectivity index (χ1n) is 23.4. The van der Waals surface area contributed by atoms with Gasteiger partial charge in [0.15, 0.2) is 0 Å². The fraction of sp³-hybridized carbons (Fsp3) is 0. The Labute approximate surface area is 400 Å². The highest BCUT2D eigenvalue weighted by Crippen LogP contribution is 2.47. The van der Waals surface area contributed by atoms with Gasteiger partial charge in [0.25, 0.3) is 0 Å². The highest BCUT2D eigenvalue weighted by Gasteiger charge is 2.25. The molecule has 0 spiro atoms. The molecule has 0 aliphatic heterocycles. The van der Waals surface area contributed by atoms with Crippen LogP contribution in [0, 0.1) is 0 Å². The number of anilines is 3. The van der Waals surface area contributed by atoms with E-state index in [1.807, 2.05) is 12.1 Å². The lowest BCUT2D eigenvalue weighted by Gasteiger charge is -2.27. The Balaban J connectivity index is 1.16. The molecule has 13 aromatic rings. The van der Waals surface area contributed by atoms with E-state index in [4.69, 9.17) is 9.97 Å². The van der Waals surface area contributed by atoms with Gasteiger partial charge >= 0.3 is 0 Å². The molecule has 5 heteroatoms. The second-order valence-corrected chi connectivity index (χ2v) is 17.4. The molecule has 5 nitrogen and oxygen atoms in total. The number of para-hydroxylation sites is 2. The average molecular weight is 882 g/mol. The molecule has 0 atom stereocenters. The third-order valence-electron chi connectivity index (χ3n) is 13.3. The lowest BCUT2D eigenvalue weighted by Crippen LogP contribution is -2.11. The van der Waals surface area contributed by atoms with E-state index >= 15 is 0 Å². The van der Waals surface area contributed by atoms with Gasteiger partial charge < -0.3 is 9.47 Å². The number of benzene rings is 10. The second-order valence-electron chi connectivity index (χ2n) is 17.4. The Morgan fingerprint density at radius 1 is 0.290 bits per heavy atom. The molecule has 0 saturated carbocycles. The van der Waals surface area contributed by atoms with Crippen molar-refractivity contribution in [2.45, 2.75) is 0 Å². The van der Waals surface area contributed by atoms with Crippen molar-refractivity contribution in [1.29, 1.82) is 0 Å². The molecule has 3 aromatic heterocycles.